The van der Waals surface area contributed by atoms with Crippen LogP contribution in [0.15, 0.2) is 23.7 Å². The molecule has 2 nitrogen and oxygen atoms in total. The number of hydrogen-bond donors (Lipinski definition) is 1. The van der Waals surface area contributed by atoms with Gasteiger partial charge in [-0.1, -0.05) is 13.0 Å². The highest BCUT2D eigenvalue weighted by molar-refractivity contribution is 7.11. The minimum Gasteiger partial charge on any atom is -0.306 e. The average molecular weight is 238 g/mol. The van der Waals surface area contributed by atoms with Crippen LogP contribution >= 0.6 is 22.7 Å². The molecule has 15 heavy (non-hydrogen) atoms. The Morgan fingerprint density at radius 1 is 1.33 bits per heavy atom. The van der Waals surface area contributed by atoms with Crippen molar-refractivity contribution >= 4 is 22.7 Å². The van der Waals surface area contributed by atoms with Crippen molar-refractivity contribution in [2.24, 2.45) is 0 Å². The lowest BCUT2D eigenvalue weighted by atomic mass is 10.4. The van der Waals surface area contributed by atoms with Crippen LogP contribution in [0.4, 0.5) is 0 Å². The zero-order valence-corrected chi connectivity index (χ0v) is 10.3. The summed E-state index contributed by atoms with van der Waals surface area (Å²) in [6.45, 7) is 3.98. The van der Waals surface area contributed by atoms with E-state index in [1.165, 1.54) is 14.8 Å². The molecule has 0 aliphatic heterocycles. The van der Waals surface area contributed by atoms with Gasteiger partial charge in [0.1, 0.15) is 5.01 Å². The Kier molecular flexibility index (Phi) is 3.88. The van der Waals surface area contributed by atoms with Gasteiger partial charge in [0, 0.05) is 29.0 Å². The van der Waals surface area contributed by atoms with Crippen LogP contribution in [-0.2, 0) is 19.5 Å². The smallest absolute Gasteiger partial charge is 0.107 e. The van der Waals surface area contributed by atoms with Crippen LogP contribution in [-0.4, -0.2) is 4.98 Å². The summed E-state index contributed by atoms with van der Waals surface area (Å²) < 4.78 is 0. The highest BCUT2D eigenvalue weighted by Gasteiger charge is 2.00. The lowest BCUT2D eigenvalue weighted by Gasteiger charge is -1.98. The van der Waals surface area contributed by atoms with Crippen LogP contribution in [0.5, 0.6) is 0 Å². The number of aryl methyl sites for hydroxylation is 1. The number of hydrogen-bond acceptors (Lipinski definition) is 4. The van der Waals surface area contributed by atoms with Gasteiger partial charge in [-0.25, -0.2) is 4.98 Å². The number of aromatic nitrogens is 1. The first-order chi connectivity index (χ1) is 7.38. The molecule has 0 radical (unpaired) electrons. The summed E-state index contributed by atoms with van der Waals surface area (Å²) in [7, 11) is 0. The van der Waals surface area contributed by atoms with Crippen LogP contribution in [0.2, 0.25) is 0 Å². The van der Waals surface area contributed by atoms with Gasteiger partial charge < -0.3 is 5.32 Å². The Labute approximate surface area is 98.0 Å². The summed E-state index contributed by atoms with van der Waals surface area (Å²) in [5, 5.41) is 6.69. The highest BCUT2D eigenvalue weighted by Crippen LogP contribution is 2.13. The molecule has 0 amide bonds. The Morgan fingerprint density at radius 2 is 2.27 bits per heavy atom. The molecule has 0 saturated heterocycles. The number of thiophene rings is 1. The van der Waals surface area contributed by atoms with E-state index in [1.807, 2.05) is 6.20 Å². The quantitative estimate of drug-likeness (QED) is 0.866. The fourth-order valence-electron chi connectivity index (χ4n) is 1.30. The first-order valence-electron chi connectivity index (χ1n) is 5.05. The third-order valence-corrected chi connectivity index (χ3v) is 4.12. The van der Waals surface area contributed by atoms with Gasteiger partial charge in [-0.15, -0.1) is 22.7 Å². The molecule has 1 N–H and O–H groups in total. The maximum Gasteiger partial charge on any atom is 0.107 e. The molecule has 2 heterocycles. The first-order valence-corrected chi connectivity index (χ1v) is 6.74. The normalized spacial score (nSPS) is 10.7. The van der Waals surface area contributed by atoms with E-state index in [9.17, 15) is 0 Å². The maximum absolute atomic E-state index is 4.37. The van der Waals surface area contributed by atoms with Crippen LogP contribution in [0.25, 0.3) is 0 Å². The van der Waals surface area contributed by atoms with Crippen LogP contribution in [0.1, 0.15) is 21.7 Å². The van der Waals surface area contributed by atoms with Crippen LogP contribution in [0.3, 0.4) is 0 Å². The van der Waals surface area contributed by atoms with Gasteiger partial charge in [0.25, 0.3) is 0 Å². The van der Waals surface area contributed by atoms with Gasteiger partial charge in [0.2, 0.25) is 0 Å². The standard InChI is InChI=1S/C11H14N2S2/c1-2-9-7-13-11(15-9)8-12-6-10-4-3-5-14-10/h3-5,7,12H,2,6,8H2,1H3. The lowest BCUT2D eigenvalue weighted by Crippen LogP contribution is -2.11. The highest BCUT2D eigenvalue weighted by atomic mass is 32.1. The molecular formula is C11H14N2S2. The number of nitrogens with zero attached hydrogens (tertiary/aromatic N) is 1. The Balaban J connectivity index is 1.78. The van der Waals surface area contributed by atoms with Gasteiger partial charge in [0.05, 0.1) is 0 Å². The van der Waals surface area contributed by atoms with E-state index in [4.69, 9.17) is 0 Å². The monoisotopic (exact) mass is 238 g/mol. The van der Waals surface area contributed by atoms with Crippen molar-refractivity contribution in [2.45, 2.75) is 26.4 Å². The minimum absolute atomic E-state index is 0.878. The number of rotatable bonds is 5. The number of nitrogens with one attached hydrogen (secondary N) is 1. The summed E-state index contributed by atoms with van der Waals surface area (Å²) in [4.78, 5) is 7.11. The van der Waals surface area contributed by atoms with Gasteiger partial charge >= 0.3 is 0 Å². The van der Waals surface area contributed by atoms with E-state index in [0.29, 0.717) is 0 Å². The van der Waals surface area contributed by atoms with E-state index in [0.717, 1.165) is 19.5 Å². The first kappa shape index (κ1) is 10.8. The minimum atomic E-state index is 0.878. The van der Waals surface area contributed by atoms with Crippen molar-refractivity contribution in [3.8, 4) is 0 Å². The summed E-state index contributed by atoms with van der Waals surface area (Å²) >= 11 is 3.59. The molecule has 0 atom stereocenters. The van der Waals surface area contributed by atoms with Crippen molar-refractivity contribution in [1.29, 1.82) is 0 Å². The molecule has 0 fully saturated rings. The summed E-state index contributed by atoms with van der Waals surface area (Å²) in [5.41, 5.74) is 0. The Morgan fingerprint density at radius 3 is 2.93 bits per heavy atom. The van der Waals surface area contributed by atoms with Crippen LogP contribution < -0.4 is 5.32 Å². The Hall–Kier alpha value is -0.710. The third-order valence-electron chi connectivity index (χ3n) is 2.11. The third kappa shape index (κ3) is 3.12. The predicted octanol–water partition coefficient (Wildman–Crippen LogP) is 3.06. The van der Waals surface area contributed by atoms with Gasteiger partial charge in [-0.05, 0) is 17.9 Å². The second-order valence-corrected chi connectivity index (χ2v) is 5.49. The molecule has 0 spiro atoms. The summed E-state index contributed by atoms with van der Waals surface area (Å²) in [6.07, 6.45) is 3.06. The van der Waals surface area contributed by atoms with E-state index >= 15 is 0 Å². The second kappa shape index (κ2) is 5.39. The van der Waals surface area contributed by atoms with Crippen molar-refractivity contribution in [1.82, 2.24) is 10.3 Å². The molecule has 0 aromatic carbocycles. The van der Waals surface area contributed by atoms with Gasteiger partial charge in [-0.2, -0.15) is 0 Å². The molecule has 0 aliphatic carbocycles. The molecule has 2 aromatic rings. The fourth-order valence-corrected chi connectivity index (χ4v) is 2.81. The summed E-state index contributed by atoms with van der Waals surface area (Å²) in [6, 6.07) is 4.23. The van der Waals surface area contributed by atoms with Crippen LogP contribution in [0, 0.1) is 0 Å². The molecule has 2 rings (SSSR count). The zero-order chi connectivity index (χ0) is 10.5. The summed E-state index contributed by atoms with van der Waals surface area (Å²) in [5.74, 6) is 0. The lowest BCUT2D eigenvalue weighted by molar-refractivity contribution is 0.697. The SMILES string of the molecule is CCc1cnc(CNCc2cccs2)s1. The molecular weight excluding hydrogens is 224 g/mol. The van der Waals surface area contributed by atoms with Crippen molar-refractivity contribution in [3.63, 3.8) is 0 Å². The van der Waals surface area contributed by atoms with Gasteiger partial charge in [0.15, 0.2) is 0 Å². The molecule has 80 valence electrons. The van der Waals surface area contributed by atoms with E-state index in [2.05, 4.69) is 34.7 Å². The van der Waals surface area contributed by atoms with Crippen molar-refractivity contribution < 1.29 is 0 Å². The van der Waals surface area contributed by atoms with E-state index < -0.39 is 0 Å². The fraction of sp³-hybridized carbons (Fsp3) is 0.364. The van der Waals surface area contributed by atoms with E-state index in [-0.39, 0.29) is 0 Å². The molecule has 4 heteroatoms. The van der Waals surface area contributed by atoms with Gasteiger partial charge in [-0.3, -0.25) is 0 Å². The second-order valence-electron chi connectivity index (χ2n) is 3.26. The van der Waals surface area contributed by atoms with Crippen molar-refractivity contribution in [2.75, 3.05) is 0 Å². The predicted molar refractivity (Wildman–Crippen MR) is 66.4 cm³/mol. The molecule has 0 bridgehead atoms. The Bertz CT molecular complexity index is 392. The average Bonchev–Trinajstić information content (AvgIpc) is 2.88. The van der Waals surface area contributed by atoms with E-state index in [1.54, 1.807) is 22.7 Å². The zero-order valence-electron chi connectivity index (χ0n) is 8.69. The van der Waals surface area contributed by atoms with Crippen molar-refractivity contribution in [3.05, 3.63) is 38.5 Å². The maximum atomic E-state index is 4.37. The molecule has 0 aliphatic rings. The topological polar surface area (TPSA) is 24.9 Å². The number of thiazole rings is 1. The largest absolute Gasteiger partial charge is 0.306 e. The molecule has 0 unspecified atom stereocenters. The molecule has 0 saturated carbocycles. The molecule has 2 aromatic heterocycles.